The average Bonchev–Trinajstić information content (AvgIpc) is 2.33. The first kappa shape index (κ1) is 9.86. The van der Waals surface area contributed by atoms with Crippen molar-refractivity contribution in [1.82, 2.24) is 0 Å². The molecule has 0 fully saturated rings. The molecule has 1 nitrogen and oxygen atoms in total. The van der Waals surface area contributed by atoms with Crippen LogP contribution in [0.5, 0.6) is 0 Å². The lowest BCUT2D eigenvalue weighted by atomic mass is 9.87. The van der Waals surface area contributed by atoms with Crippen molar-refractivity contribution in [1.29, 1.82) is 0 Å². The number of ether oxygens (including phenoxy) is 1. The van der Waals surface area contributed by atoms with Crippen molar-refractivity contribution in [2.75, 3.05) is 6.61 Å². The minimum Gasteiger partial charge on any atom is -0.373 e. The monoisotopic (exact) mass is 212 g/mol. The van der Waals surface area contributed by atoms with Crippen molar-refractivity contribution in [3.8, 4) is 0 Å². The molecule has 1 aliphatic rings. The normalized spacial score (nSPS) is 24.4. The fourth-order valence-corrected chi connectivity index (χ4v) is 2.68. The third kappa shape index (κ3) is 1.35. The maximum atomic E-state index is 5.77. The molecule has 0 spiro atoms. The molecule has 0 amide bonds. The second-order valence-corrected chi connectivity index (χ2v) is 4.67. The topological polar surface area (TPSA) is 9.23 Å². The van der Waals surface area contributed by atoms with E-state index in [1.165, 1.54) is 21.9 Å². The summed E-state index contributed by atoms with van der Waals surface area (Å²) in [6.45, 7) is 5.22. The minimum absolute atomic E-state index is 0.232. The van der Waals surface area contributed by atoms with E-state index in [1.54, 1.807) is 0 Å². The van der Waals surface area contributed by atoms with Gasteiger partial charge in [0.2, 0.25) is 0 Å². The van der Waals surface area contributed by atoms with Crippen LogP contribution in [-0.4, -0.2) is 6.61 Å². The summed E-state index contributed by atoms with van der Waals surface area (Å²) in [5.74, 6) is 0.497. The highest BCUT2D eigenvalue weighted by atomic mass is 16.5. The van der Waals surface area contributed by atoms with Crippen molar-refractivity contribution < 1.29 is 4.74 Å². The molecule has 0 saturated heterocycles. The molecule has 0 saturated carbocycles. The zero-order chi connectivity index (χ0) is 11.1. The Morgan fingerprint density at radius 3 is 2.75 bits per heavy atom. The highest BCUT2D eigenvalue weighted by Gasteiger charge is 2.23. The molecule has 0 N–H and O–H groups in total. The molecule has 0 aromatic heterocycles. The van der Waals surface area contributed by atoms with E-state index >= 15 is 0 Å². The first-order chi connectivity index (χ1) is 7.77. The fourth-order valence-electron chi connectivity index (χ4n) is 2.68. The van der Waals surface area contributed by atoms with Gasteiger partial charge in [-0.15, -0.1) is 0 Å². The van der Waals surface area contributed by atoms with Crippen LogP contribution in [0.2, 0.25) is 0 Å². The maximum absolute atomic E-state index is 5.77. The van der Waals surface area contributed by atoms with Gasteiger partial charge in [0.15, 0.2) is 0 Å². The zero-order valence-corrected chi connectivity index (χ0v) is 9.73. The van der Waals surface area contributed by atoms with Gasteiger partial charge in [-0.25, -0.2) is 0 Å². The lowest BCUT2D eigenvalue weighted by Crippen LogP contribution is -2.17. The van der Waals surface area contributed by atoms with Crippen LogP contribution in [0.4, 0.5) is 0 Å². The van der Waals surface area contributed by atoms with Gasteiger partial charge >= 0.3 is 0 Å². The molecule has 3 rings (SSSR count). The third-order valence-corrected chi connectivity index (χ3v) is 3.53. The number of hydrogen-bond acceptors (Lipinski definition) is 1. The molecule has 2 aromatic carbocycles. The first-order valence-electron chi connectivity index (χ1n) is 5.90. The van der Waals surface area contributed by atoms with Gasteiger partial charge in [-0.1, -0.05) is 43.3 Å². The Morgan fingerprint density at radius 2 is 1.88 bits per heavy atom. The van der Waals surface area contributed by atoms with E-state index in [9.17, 15) is 0 Å². The second-order valence-electron chi connectivity index (χ2n) is 4.67. The van der Waals surface area contributed by atoms with Gasteiger partial charge in [0.05, 0.1) is 12.7 Å². The van der Waals surface area contributed by atoms with Gasteiger partial charge in [0.25, 0.3) is 0 Å². The predicted octanol–water partition coefficient (Wildman–Crippen LogP) is 4.03. The fraction of sp³-hybridized carbons (Fsp3) is 0.333. The molecular formula is C15H16O. The van der Waals surface area contributed by atoms with Gasteiger partial charge < -0.3 is 4.74 Å². The molecule has 1 aliphatic heterocycles. The van der Waals surface area contributed by atoms with Crippen LogP contribution in [-0.2, 0) is 4.74 Å². The molecule has 16 heavy (non-hydrogen) atoms. The summed E-state index contributed by atoms with van der Waals surface area (Å²) >= 11 is 0. The summed E-state index contributed by atoms with van der Waals surface area (Å²) in [4.78, 5) is 0. The molecule has 0 radical (unpaired) electrons. The second kappa shape index (κ2) is 3.60. The van der Waals surface area contributed by atoms with E-state index in [0.29, 0.717) is 5.92 Å². The molecule has 0 aliphatic carbocycles. The Labute approximate surface area is 96.0 Å². The lowest BCUT2D eigenvalue weighted by molar-refractivity contribution is 0.0435. The van der Waals surface area contributed by atoms with Gasteiger partial charge in [0, 0.05) is 5.92 Å². The van der Waals surface area contributed by atoms with Crippen LogP contribution in [0.25, 0.3) is 10.8 Å². The highest BCUT2D eigenvalue weighted by Crippen LogP contribution is 2.37. The SMILES string of the molecule is C[C@@H]1OC[C@H](C)c2c1ccc1ccccc21. The van der Waals surface area contributed by atoms with Crippen molar-refractivity contribution in [2.24, 2.45) is 0 Å². The van der Waals surface area contributed by atoms with Gasteiger partial charge in [-0.05, 0) is 28.8 Å². The number of rotatable bonds is 0. The van der Waals surface area contributed by atoms with E-state index < -0.39 is 0 Å². The molecular weight excluding hydrogens is 196 g/mol. The number of hydrogen-bond donors (Lipinski definition) is 0. The zero-order valence-electron chi connectivity index (χ0n) is 9.73. The average molecular weight is 212 g/mol. The Morgan fingerprint density at radius 1 is 1.06 bits per heavy atom. The summed E-state index contributed by atoms with van der Waals surface area (Å²) in [7, 11) is 0. The molecule has 0 bridgehead atoms. The van der Waals surface area contributed by atoms with E-state index in [0.717, 1.165) is 6.61 Å². The molecule has 0 unspecified atom stereocenters. The summed E-state index contributed by atoms with van der Waals surface area (Å²) < 4.78 is 5.77. The summed E-state index contributed by atoms with van der Waals surface area (Å²) in [5.41, 5.74) is 2.84. The van der Waals surface area contributed by atoms with Gasteiger partial charge in [-0.2, -0.15) is 0 Å². The smallest absolute Gasteiger partial charge is 0.0800 e. The van der Waals surface area contributed by atoms with E-state index in [-0.39, 0.29) is 6.10 Å². The van der Waals surface area contributed by atoms with Gasteiger partial charge in [-0.3, -0.25) is 0 Å². The van der Waals surface area contributed by atoms with Crippen LogP contribution in [0.1, 0.15) is 37.0 Å². The van der Waals surface area contributed by atoms with Crippen molar-refractivity contribution in [2.45, 2.75) is 25.9 Å². The summed E-state index contributed by atoms with van der Waals surface area (Å²) in [5, 5.41) is 2.73. The molecule has 82 valence electrons. The Balaban J connectivity index is 2.35. The van der Waals surface area contributed by atoms with E-state index in [2.05, 4.69) is 50.2 Å². The standard InChI is InChI=1S/C15H16O/c1-10-9-16-11(2)13-8-7-12-5-3-4-6-14(12)15(10)13/h3-8,10-11H,9H2,1-2H3/t10-,11-/m0/s1. The molecule has 1 heteroatoms. The lowest BCUT2D eigenvalue weighted by Gasteiger charge is -2.29. The van der Waals surface area contributed by atoms with Crippen LogP contribution in [0, 0.1) is 0 Å². The number of fused-ring (bicyclic) bond motifs is 3. The quantitative estimate of drug-likeness (QED) is 0.640. The maximum Gasteiger partial charge on any atom is 0.0800 e. The summed E-state index contributed by atoms with van der Waals surface area (Å²) in [6.07, 6.45) is 0.232. The Kier molecular flexibility index (Phi) is 2.22. The predicted molar refractivity (Wildman–Crippen MR) is 66.7 cm³/mol. The molecule has 1 heterocycles. The van der Waals surface area contributed by atoms with Crippen LogP contribution in [0.3, 0.4) is 0 Å². The Bertz CT molecular complexity index is 530. The third-order valence-electron chi connectivity index (χ3n) is 3.53. The van der Waals surface area contributed by atoms with Gasteiger partial charge in [0.1, 0.15) is 0 Å². The van der Waals surface area contributed by atoms with Crippen LogP contribution >= 0.6 is 0 Å². The van der Waals surface area contributed by atoms with Crippen LogP contribution in [0.15, 0.2) is 36.4 Å². The largest absolute Gasteiger partial charge is 0.373 e. The van der Waals surface area contributed by atoms with Crippen molar-refractivity contribution >= 4 is 10.8 Å². The first-order valence-corrected chi connectivity index (χ1v) is 5.90. The molecule has 2 atom stereocenters. The number of benzene rings is 2. The minimum atomic E-state index is 0.232. The van der Waals surface area contributed by atoms with E-state index in [4.69, 9.17) is 4.74 Å². The van der Waals surface area contributed by atoms with Crippen molar-refractivity contribution in [3.05, 3.63) is 47.5 Å². The van der Waals surface area contributed by atoms with Crippen LogP contribution < -0.4 is 0 Å². The Hall–Kier alpha value is -1.34. The van der Waals surface area contributed by atoms with Crippen molar-refractivity contribution in [3.63, 3.8) is 0 Å². The van der Waals surface area contributed by atoms with E-state index in [1.807, 2.05) is 0 Å². The highest BCUT2D eigenvalue weighted by molar-refractivity contribution is 5.87. The summed E-state index contributed by atoms with van der Waals surface area (Å²) in [6, 6.07) is 13.0. The molecule has 2 aromatic rings.